The van der Waals surface area contributed by atoms with Crippen LogP contribution in [0.1, 0.15) is 54.4 Å². The van der Waals surface area contributed by atoms with Gasteiger partial charge >= 0.3 is 11.9 Å². The van der Waals surface area contributed by atoms with Gasteiger partial charge in [-0.3, -0.25) is 14.4 Å². The van der Waals surface area contributed by atoms with E-state index in [-0.39, 0.29) is 43.4 Å². The summed E-state index contributed by atoms with van der Waals surface area (Å²) in [7, 11) is 0. The second-order valence-electron chi connectivity index (χ2n) is 9.01. The van der Waals surface area contributed by atoms with Crippen LogP contribution in [0.2, 0.25) is 0 Å². The topological polar surface area (TPSA) is 183 Å². The van der Waals surface area contributed by atoms with Crippen LogP contribution in [0.25, 0.3) is 0 Å². The summed E-state index contributed by atoms with van der Waals surface area (Å²) < 4.78 is 0. The summed E-state index contributed by atoms with van der Waals surface area (Å²) in [6.07, 6.45) is -0.247. The highest BCUT2D eigenvalue weighted by atomic mass is 16.4. The standard InChI is InChI=1S/C20H39N5O6/c1-11(2)12(3)23-13(7-8-16(26)27)18(29)24-15(19(30)31)10-22-17(28)14(9-21)25-20(4,5)6/h11-15,23,25H,7-10,21H2,1-6H3,(H,22,28)(H,24,29)(H,26,27)(H,30,31)/t12?,13-,14-,15?/m0/s1. The molecule has 0 rings (SSSR count). The molecule has 8 N–H and O–H groups in total. The Balaban J connectivity index is 5.13. The third-order valence-corrected chi connectivity index (χ3v) is 4.68. The van der Waals surface area contributed by atoms with Crippen LogP contribution in [-0.4, -0.2) is 76.8 Å². The van der Waals surface area contributed by atoms with E-state index in [0.717, 1.165) is 0 Å². The van der Waals surface area contributed by atoms with Crippen molar-refractivity contribution >= 4 is 23.8 Å². The minimum absolute atomic E-state index is 0.00166. The number of carbonyl (C=O) groups excluding carboxylic acids is 2. The predicted octanol–water partition coefficient (Wildman–Crippen LogP) is -0.745. The highest BCUT2D eigenvalue weighted by Gasteiger charge is 2.29. The molecular formula is C20H39N5O6. The first-order chi connectivity index (χ1) is 14.2. The fraction of sp³-hybridized carbons (Fsp3) is 0.800. The summed E-state index contributed by atoms with van der Waals surface area (Å²) in [4.78, 5) is 47.6. The maximum absolute atomic E-state index is 12.7. The quantitative estimate of drug-likeness (QED) is 0.181. The molecule has 0 fully saturated rings. The Kier molecular flexibility index (Phi) is 12.3. The first-order valence-corrected chi connectivity index (χ1v) is 10.4. The normalized spacial score (nSPS) is 15.6. The van der Waals surface area contributed by atoms with Crippen LogP contribution >= 0.6 is 0 Å². The molecule has 11 heteroatoms. The number of carbonyl (C=O) groups is 4. The van der Waals surface area contributed by atoms with Crippen LogP contribution in [0.15, 0.2) is 0 Å². The highest BCUT2D eigenvalue weighted by Crippen LogP contribution is 2.06. The first-order valence-electron chi connectivity index (χ1n) is 10.4. The van der Waals surface area contributed by atoms with Crippen molar-refractivity contribution in [3.8, 4) is 0 Å². The van der Waals surface area contributed by atoms with Gasteiger partial charge in [0.2, 0.25) is 11.8 Å². The Morgan fingerprint density at radius 3 is 1.94 bits per heavy atom. The fourth-order valence-corrected chi connectivity index (χ4v) is 2.62. The van der Waals surface area contributed by atoms with Gasteiger partial charge in [-0.05, 0) is 40.0 Å². The molecule has 0 aliphatic carbocycles. The zero-order valence-electron chi connectivity index (χ0n) is 19.3. The minimum atomic E-state index is -1.38. The Labute approximate surface area is 183 Å². The van der Waals surface area contributed by atoms with E-state index >= 15 is 0 Å². The third kappa shape index (κ3) is 12.3. The molecular weight excluding hydrogens is 406 g/mol. The molecule has 11 nitrogen and oxygen atoms in total. The van der Waals surface area contributed by atoms with Crippen LogP contribution in [-0.2, 0) is 19.2 Å². The molecule has 0 saturated heterocycles. The number of hydrogen-bond donors (Lipinski definition) is 7. The van der Waals surface area contributed by atoms with Crippen LogP contribution in [0, 0.1) is 5.92 Å². The largest absolute Gasteiger partial charge is 0.481 e. The zero-order valence-corrected chi connectivity index (χ0v) is 19.3. The Morgan fingerprint density at radius 1 is 0.935 bits per heavy atom. The van der Waals surface area contributed by atoms with Gasteiger partial charge in [0.25, 0.3) is 0 Å². The van der Waals surface area contributed by atoms with Crippen molar-refractivity contribution in [2.75, 3.05) is 13.1 Å². The van der Waals surface area contributed by atoms with E-state index < -0.39 is 41.9 Å². The van der Waals surface area contributed by atoms with Crippen molar-refractivity contribution in [2.24, 2.45) is 11.7 Å². The van der Waals surface area contributed by atoms with Gasteiger partial charge in [0.15, 0.2) is 0 Å². The molecule has 0 saturated carbocycles. The van der Waals surface area contributed by atoms with Crippen molar-refractivity contribution in [1.82, 2.24) is 21.3 Å². The van der Waals surface area contributed by atoms with Crippen LogP contribution < -0.4 is 27.0 Å². The highest BCUT2D eigenvalue weighted by molar-refractivity contribution is 5.88. The SMILES string of the molecule is CC(C)C(C)N[C@@H](CCC(=O)O)C(=O)NC(CNC(=O)[C@H](CN)NC(C)(C)C)C(=O)O. The number of amides is 2. The van der Waals surface area contributed by atoms with Crippen molar-refractivity contribution in [2.45, 2.75) is 84.1 Å². The number of carboxylic acids is 2. The molecule has 0 heterocycles. The van der Waals surface area contributed by atoms with Gasteiger partial charge in [0.05, 0.1) is 12.1 Å². The third-order valence-electron chi connectivity index (χ3n) is 4.68. The molecule has 0 aromatic carbocycles. The summed E-state index contributed by atoms with van der Waals surface area (Å²) in [6, 6.07) is -3.08. The summed E-state index contributed by atoms with van der Waals surface area (Å²) in [5.74, 6) is -3.32. The second kappa shape index (κ2) is 13.2. The zero-order chi connectivity index (χ0) is 24.4. The summed E-state index contributed by atoms with van der Waals surface area (Å²) in [5, 5.41) is 29.4. The molecule has 2 amide bonds. The van der Waals surface area contributed by atoms with Crippen molar-refractivity contribution < 1.29 is 29.4 Å². The Morgan fingerprint density at radius 2 is 1.52 bits per heavy atom. The molecule has 0 aromatic heterocycles. The number of aliphatic carboxylic acids is 2. The number of rotatable bonds is 14. The lowest BCUT2D eigenvalue weighted by atomic mass is 10.0. The van der Waals surface area contributed by atoms with E-state index in [0.29, 0.717) is 0 Å². The number of hydrogen-bond acceptors (Lipinski definition) is 7. The van der Waals surface area contributed by atoms with E-state index in [1.54, 1.807) is 0 Å². The molecule has 0 radical (unpaired) electrons. The number of nitrogens with two attached hydrogens (primary N) is 1. The van der Waals surface area contributed by atoms with Gasteiger partial charge < -0.3 is 37.2 Å². The lowest BCUT2D eigenvalue weighted by Gasteiger charge is -2.28. The average molecular weight is 446 g/mol. The van der Waals surface area contributed by atoms with Crippen molar-refractivity contribution in [3.63, 3.8) is 0 Å². The van der Waals surface area contributed by atoms with Gasteiger partial charge in [-0.2, -0.15) is 0 Å². The molecule has 0 spiro atoms. The Hall–Kier alpha value is -2.24. The smallest absolute Gasteiger partial charge is 0.328 e. The lowest BCUT2D eigenvalue weighted by molar-refractivity contribution is -0.142. The van der Waals surface area contributed by atoms with Gasteiger partial charge in [-0.25, -0.2) is 4.79 Å². The van der Waals surface area contributed by atoms with Crippen LogP contribution in [0.5, 0.6) is 0 Å². The number of carboxylic acid groups (broad SMARTS) is 2. The van der Waals surface area contributed by atoms with E-state index in [9.17, 15) is 24.3 Å². The van der Waals surface area contributed by atoms with Crippen LogP contribution in [0.3, 0.4) is 0 Å². The lowest BCUT2D eigenvalue weighted by Crippen LogP contribution is -2.58. The maximum Gasteiger partial charge on any atom is 0.328 e. The van der Waals surface area contributed by atoms with E-state index in [4.69, 9.17) is 10.8 Å². The molecule has 0 aliphatic rings. The van der Waals surface area contributed by atoms with E-state index in [1.165, 1.54) is 0 Å². The van der Waals surface area contributed by atoms with Gasteiger partial charge in [-0.1, -0.05) is 13.8 Å². The monoisotopic (exact) mass is 445 g/mol. The molecule has 0 bridgehead atoms. The van der Waals surface area contributed by atoms with Gasteiger partial charge in [0.1, 0.15) is 6.04 Å². The molecule has 0 aromatic rings. The van der Waals surface area contributed by atoms with Gasteiger partial charge in [-0.15, -0.1) is 0 Å². The fourth-order valence-electron chi connectivity index (χ4n) is 2.62. The summed E-state index contributed by atoms with van der Waals surface area (Å²) in [5.41, 5.74) is 5.25. The molecule has 2 unspecified atom stereocenters. The molecule has 180 valence electrons. The molecule has 31 heavy (non-hydrogen) atoms. The molecule has 4 atom stereocenters. The van der Waals surface area contributed by atoms with E-state index in [1.807, 2.05) is 41.5 Å². The average Bonchev–Trinajstić information content (AvgIpc) is 2.64. The summed E-state index contributed by atoms with van der Waals surface area (Å²) in [6.45, 7) is 11.0. The van der Waals surface area contributed by atoms with E-state index in [2.05, 4.69) is 21.3 Å². The van der Waals surface area contributed by atoms with Gasteiger partial charge in [0, 0.05) is 31.1 Å². The number of nitrogens with one attached hydrogen (secondary N) is 4. The maximum atomic E-state index is 12.7. The first kappa shape index (κ1) is 28.8. The Bertz CT molecular complexity index is 620. The van der Waals surface area contributed by atoms with Crippen molar-refractivity contribution in [1.29, 1.82) is 0 Å². The minimum Gasteiger partial charge on any atom is -0.481 e. The summed E-state index contributed by atoms with van der Waals surface area (Å²) >= 11 is 0. The second-order valence-corrected chi connectivity index (χ2v) is 9.01. The van der Waals surface area contributed by atoms with Crippen LogP contribution in [0.4, 0.5) is 0 Å². The molecule has 0 aliphatic heterocycles. The van der Waals surface area contributed by atoms with Crippen molar-refractivity contribution in [3.05, 3.63) is 0 Å². The predicted molar refractivity (Wildman–Crippen MR) is 116 cm³/mol.